The lowest BCUT2D eigenvalue weighted by Gasteiger charge is -2.15. The lowest BCUT2D eigenvalue weighted by Crippen LogP contribution is -2.07. The van der Waals surface area contributed by atoms with Gasteiger partial charge < -0.3 is 0 Å². The highest BCUT2D eigenvalue weighted by Crippen LogP contribution is 2.40. The lowest BCUT2D eigenvalue weighted by molar-refractivity contribution is -0.137. The maximum absolute atomic E-state index is 13.3. The molecule has 0 fully saturated rings. The van der Waals surface area contributed by atoms with Gasteiger partial charge in [0.15, 0.2) is 0 Å². The van der Waals surface area contributed by atoms with Crippen molar-refractivity contribution in [2.75, 3.05) is 0 Å². The van der Waals surface area contributed by atoms with E-state index in [0.717, 1.165) is 6.07 Å². The first-order valence-electron chi connectivity index (χ1n) is 6.74. The molecule has 0 saturated heterocycles. The summed E-state index contributed by atoms with van der Waals surface area (Å²) in [5, 5.41) is 0. The van der Waals surface area contributed by atoms with Crippen LogP contribution in [0, 0.1) is 0 Å². The Morgan fingerprint density at radius 2 is 1.23 bits per heavy atom. The third-order valence-electron chi connectivity index (χ3n) is 3.39. The molecule has 110 valence electrons. The smallest absolute Gasteiger partial charge is 0.256 e. The van der Waals surface area contributed by atoms with Crippen LogP contribution in [0.4, 0.5) is 13.2 Å². The zero-order valence-corrected chi connectivity index (χ0v) is 11.5. The van der Waals surface area contributed by atoms with Gasteiger partial charge in [-0.05, 0) is 29.3 Å². The molecule has 1 nitrogen and oxygen atoms in total. The molecule has 0 aliphatic carbocycles. The number of aromatic nitrogens is 1. The SMILES string of the molecule is FC(F)(F)c1ccccc1-c1ccccc1-c1ccccn1. The highest BCUT2D eigenvalue weighted by molar-refractivity contribution is 5.83. The summed E-state index contributed by atoms with van der Waals surface area (Å²) >= 11 is 0. The quantitative estimate of drug-likeness (QED) is 0.614. The monoisotopic (exact) mass is 299 g/mol. The first kappa shape index (κ1) is 14.3. The Labute approximate surface area is 126 Å². The topological polar surface area (TPSA) is 12.9 Å². The summed E-state index contributed by atoms with van der Waals surface area (Å²) in [4.78, 5) is 4.25. The molecule has 0 bridgehead atoms. The molecule has 2 aromatic carbocycles. The Balaban J connectivity index is 2.24. The molecule has 22 heavy (non-hydrogen) atoms. The summed E-state index contributed by atoms with van der Waals surface area (Å²) in [6, 6.07) is 18.0. The second-order valence-electron chi connectivity index (χ2n) is 4.80. The molecule has 0 unspecified atom stereocenters. The van der Waals surface area contributed by atoms with Crippen LogP contribution >= 0.6 is 0 Å². The second kappa shape index (κ2) is 5.64. The number of hydrogen-bond donors (Lipinski definition) is 0. The van der Waals surface area contributed by atoms with Gasteiger partial charge in [0.2, 0.25) is 0 Å². The molecule has 1 heterocycles. The fourth-order valence-corrected chi connectivity index (χ4v) is 2.43. The molecule has 0 N–H and O–H groups in total. The number of rotatable bonds is 2. The van der Waals surface area contributed by atoms with Gasteiger partial charge in [0.05, 0.1) is 11.3 Å². The molecule has 0 spiro atoms. The molecule has 0 saturated carbocycles. The molecule has 4 heteroatoms. The third-order valence-corrected chi connectivity index (χ3v) is 3.39. The molecule has 0 radical (unpaired) electrons. The zero-order chi connectivity index (χ0) is 15.6. The van der Waals surface area contributed by atoms with E-state index in [1.54, 1.807) is 48.7 Å². The Morgan fingerprint density at radius 3 is 1.86 bits per heavy atom. The second-order valence-corrected chi connectivity index (χ2v) is 4.80. The average Bonchev–Trinajstić information content (AvgIpc) is 2.55. The molecule has 0 aliphatic rings. The summed E-state index contributed by atoms with van der Waals surface area (Å²) in [6.45, 7) is 0. The molecule has 0 atom stereocenters. The summed E-state index contributed by atoms with van der Waals surface area (Å²) in [6.07, 6.45) is -2.77. The van der Waals surface area contributed by atoms with E-state index in [2.05, 4.69) is 4.98 Å². The average molecular weight is 299 g/mol. The number of hydrogen-bond acceptors (Lipinski definition) is 1. The van der Waals surface area contributed by atoms with Crippen LogP contribution in [-0.2, 0) is 6.18 Å². The fraction of sp³-hybridized carbons (Fsp3) is 0.0556. The van der Waals surface area contributed by atoms with Crippen molar-refractivity contribution in [2.24, 2.45) is 0 Å². The number of pyridine rings is 1. The van der Waals surface area contributed by atoms with Gasteiger partial charge in [0.25, 0.3) is 0 Å². The Morgan fingerprint density at radius 1 is 0.636 bits per heavy atom. The van der Waals surface area contributed by atoms with E-state index in [9.17, 15) is 13.2 Å². The van der Waals surface area contributed by atoms with Crippen LogP contribution in [0.15, 0.2) is 72.9 Å². The minimum Gasteiger partial charge on any atom is -0.256 e. The largest absolute Gasteiger partial charge is 0.417 e. The van der Waals surface area contributed by atoms with E-state index in [0.29, 0.717) is 16.8 Å². The minimum atomic E-state index is -4.40. The Hall–Kier alpha value is -2.62. The first-order valence-corrected chi connectivity index (χ1v) is 6.74. The van der Waals surface area contributed by atoms with Crippen LogP contribution in [0.25, 0.3) is 22.4 Å². The first-order chi connectivity index (χ1) is 10.6. The summed E-state index contributed by atoms with van der Waals surface area (Å²) < 4.78 is 39.8. The number of nitrogens with zero attached hydrogens (tertiary/aromatic N) is 1. The molecular formula is C18H12F3N. The maximum atomic E-state index is 13.3. The van der Waals surface area contributed by atoms with Gasteiger partial charge >= 0.3 is 6.18 Å². The van der Waals surface area contributed by atoms with Gasteiger partial charge in [-0.15, -0.1) is 0 Å². The van der Waals surface area contributed by atoms with E-state index in [1.165, 1.54) is 12.1 Å². The molecule has 0 amide bonds. The third kappa shape index (κ3) is 2.72. The van der Waals surface area contributed by atoms with Crippen molar-refractivity contribution in [3.63, 3.8) is 0 Å². The number of benzene rings is 2. The predicted molar refractivity (Wildman–Crippen MR) is 80.1 cm³/mol. The molecular weight excluding hydrogens is 287 g/mol. The lowest BCUT2D eigenvalue weighted by atomic mass is 9.93. The van der Waals surface area contributed by atoms with Crippen molar-refractivity contribution >= 4 is 0 Å². The Bertz CT molecular complexity index is 780. The van der Waals surface area contributed by atoms with Crippen LogP contribution in [0.2, 0.25) is 0 Å². The number of alkyl halides is 3. The van der Waals surface area contributed by atoms with Crippen molar-refractivity contribution < 1.29 is 13.2 Å². The van der Waals surface area contributed by atoms with E-state index < -0.39 is 11.7 Å². The minimum absolute atomic E-state index is 0.163. The van der Waals surface area contributed by atoms with E-state index >= 15 is 0 Å². The van der Waals surface area contributed by atoms with E-state index in [-0.39, 0.29) is 5.56 Å². The molecule has 3 aromatic rings. The highest BCUT2D eigenvalue weighted by atomic mass is 19.4. The van der Waals surface area contributed by atoms with Gasteiger partial charge in [-0.3, -0.25) is 4.98 Å². The van der Waals surface area contributed by atoms with Crippen LogP contribution in [0.3, 0.4) is 0 Å². The van der Waals surface area contributed by atoms with Gasteiger partial charge in [-0.2, -0.15) is 13.2 Å². The summed E-state index contributed by atoms with van der Waals surface area (Å²) in [7, 11) is 0. The highest BCUT2D eigenvalue weighted by Gasteiger charge is 2.33. The van der Waals surface area contributed by atoms with Gasteiger partial charge in [0.1, 0.15) is 0 Å². The fourth-order valence-electron chi connectivity index (χ4n) is 2.43. The van der Waals surface area contributed by atoms with Crippen LogP contribution in [-0.4, -0.2) is 4.98 Å². The van der Waals surface area contributed by atoms with Crippen molar-refractivity contribution in [3.05, 3.63) is 78.5 Å². The van der Waals surface area contributed by atoms with Crippen molar-refractivity contribution in [3.8, 4) is 22.4 Å². The molecule has 3 rings (SSSR count). The van der Waals surface area contributed by atoms with Crippen molar-refractivity contribution in [1.29, 1.82) is 0 Å². The standard InChI is InChI=1S/C18H12F3N/c19-18(20,21)16-10-4-3-8-14(16)13-7-1-2-9-15(13)17-11-5-6-12-22-17/h1-12H. The van der Waals surface area contributed by atoms with Crippen LogP contribution in [0.1, 0.15) is 5.56 Å². The van der Waals surface area contributed by atoms with Gasteiger partial charge in [-0.25, -0.2) is 0 Å². The Kier molecular flexibility index (Phi) is 3.67. The van der Waals surface area contributed by atoms with E-state index in [4.69, 9.17) is 0 Å². The van der Waals surface area contributed by atoms with Crippen LogP contribution < -0.4 is 0 Å². The summed E-state index contributed by atoms with van der Waals surface area (Å²) in [5.74, 6) is 0. The zero-order valence-electron chi connectivity index (χ0n) is 11.5. The van der Waals surface area contributed by atoms with Gasteiger partial charge in [-0.1, -0.05) is 48.5 Å². The van der Waals surface area contributed by atoms with Crippen LogP contribution in [0.5, 0.6) is 0 Å². The predicted octanol–water partition coefficient (Wildman–Crippen LogP) is 5.43. The summed E-state index contributed by atoms with van der Waals surface area (Å²) in [5.41, 5.74) is 1.37. The maximum Gasteiger partial charge on any atom is 0.417 e. The van der Waals surface area contributed by atoms with Crippen molar-refractivity contribution in [2.45, 2.75) is 6.18 Å². The molecule has 1 aromatic heterocycles. The van der Waals surface area contributed by atoms with E-state index in [1.807, 2.05) is 6.07 Å². The normalized spacial score (nSPS) is 11.4. The van der Waals surface area contributed by atoms with Crippen molar-refractivity contribution in [1.82, 2.24) is 4.98 Å². The number of halogens is 3. The molecule has 0 aliphatic heterocycles. The van der Waals surface area contributed by atoms with Gasteiger partial charge in [0, 0.05) is 11.8 Å².